The van der Waals surface area contributed by atoms with Crippen molar-refractivity contribution in [3.63, 3.8) is 0 Å². The molecule has 0 atom stereocenters. The molecule has 0 saturated carbocycles. The van der Waals surface area contributed by atoms with Gasteiger partial charge in [-0.1, -0.05) is 171 Å². The highest BCUT2D eigenvalue weighted by Crippen LogP contribution is 2.15. The first-order valence-electron chi connectivity index (χ1n) is 16.7. The van der Waals surface area contributed by atoms with Crippen LogP contribution in [0.15, 0.2) is 42.5 Å². The lowest BCUT2D eigenvalue weighted by Gasteiger charge is -2.05. The first-order valence-corrected chi connectivity index (χ1v) is 16.7. The van der Waals surface area contributed by atoms with Gasteiger partial charge in [0.05, 0.1) is 0 Å². The van der Waals surface area contributed by atoms with Gasteiger partial charge in [0.15, 0.2) is 0 Å². The maximum atomic E-state index is 11.8. The summed E-state index contributed by atoms with van der Waals surface area (Å²) >= 11 is 0. The smallest absolute Gasteiger partial charge is 0.306 e. The highest BCUT2D eigenvalue weighted by molar-refractivity contribution is 5.69. The molecule has 0 heterocycles. The zero-order chi connectivity index (χ0) is 27.2. The molecule has 0 aromatic heterocycles. The number of allylic oxidation sites excluding steroid dienone is 2. The van der Waals surface area contributed by atoms with Crippen LogP contribution in [0.4, 0.5) is 0 Å². The van der Waals surface area contributed by atoms with Gasteiger partial charge >= 0.3 is 5.97 Å². The number of hydrogen-bond donors (Lipinski definition) is 0. The molecule has 0 N–H and O–H groups in total. The molecule has 0 saturated heterocycles. The Morgan fingerprint density at radius 3 is 1.39 bits per heavy atom. The molecule has 2 heteroatoms. The molecule has 0 unspecified atom stereocenters. The Kier molecular flexibility index (Phi) is 25.8. The van der Waals surface area contributed by atoms with Crippen molar-refractivity contribution in [1.29, 1.82) is 0 Å². The van der Waals surface area contributed by atoms with Crippen molar-refractivity contribution < 1.29 is 9.53 Å². The normalized spacial score (nSPS) is 11.4. The molecule has 1 aromatic carbocycles. The van der Waals surface area contributed by atoms with Crippen LogP contribution in [0.3, 0.4) is 0 Å². The largest absolute Gasteiger partial charge is 0.461 e. The third-order valence-corrected chi connectivity index (χ3v) is 7.64. The van der Waals surface area contributed by atoms with Crippen LogP contribution in [0.2, 0.25) is 0 Å². The van der Waals surface area contributed by atoms with Crippen molar-refractivity contribution in [3.05, 3.63) is 48.0 Å². The third-order valence-electron chi connectivity index (χ3n) is 7.64. The van der Waals surface area contributed by atoms with Crippen LogP contribution in [0, 0.1) is 0 Å². The summed E-state index contributed by atoms with van der Waals surface area (Å²) in [5, 5.41) is 0. The number of carbonyl (C=O) groups is 1. The molecule has 0 amide bonds. The fourth-order valence-corrected chi connectivity index (χ4v) is 5.09. The van der Waals surface area contributed by atoms with Gasteiger partial charge in [0, 0.05) is 6.42 Å². The molecular formula is C36H62O2. The fourth-order valence-electron chi connectivity index (χ4n) is 5.09. The lowest BCUT2D eigenvalue weighted by atomic mass is 10.0. The van der Waals surface area contributed by atoms with E-state index in [2.05, 4.69) is 19.1 Å². The molecule has 0 fully saturated rings. The van der Waals surface area contributed by atoms with E-state index in [9.17, 15) is 4.79 Å². The molecule has 0 aliphatic rings. The summed E-state index contributed by atoms with van der Waals surface area (Å²) in [6.07, 6.45) is 38.1. The molecule has 0 spiro atoms. The first kappa shape index (κ1) is 34.5. The number of esters is 1. The number of unbranched alkanes of at least 4 members (excludes halogenated alkanes) is 22. The second-order valence-electron chi connectivity index (χ2n) is 11.4. The molecule has 0 radical (unpaired) electrons. The minimum atomic E-state index is -0.0592. The van der Waals surface area contributed by atoms with Crippen molar-refractivity contribution in [2.45, 2.75) is 174 Å². The number of carbonyl (C=O) groups excluding carboxylic acids is 1. The molecule has 218 valence electrons. The number of hydrogen-bond acceptors (Lipinski definition) is 2. The van der Waals surface area contributed by atoms with E-state index in [1.54, 1.807) is 0 Å². The van der Waals surface area contributed by atoms with Crippen LogP contribution in [0.5, 0.6) is 0 Å². The maximum absolute atomic E-state index is 11.8. The Bertz CT molecular complexity index is 636. The van der Waals surface area contributed by atoms with Gasteiger partial charge in [0.1, 0.15) is 6.61 Å². The van der Waals surface area contributed by atoms with Crippen LogP contribution in [-0.2, 0) is 16.1 Å². The van der Waals surface area contributed by atoms with Crippen molar-refractivity contribution in [2.75, 3.05) is 0 Å². The fraction of sp³-hybridized carbons (Fsp3) is 0.750. The summed E-state index contributed by atoms with van der Waals surface area (Å²) in [6, 6.07) is 9.92. The van der Waals surface area contributed by atoms with Gasteiger partial charge < -0.3 is 4.74 Å². The highest BCUT2D eigenvalue weighted by Gasteiger charge is 2.03. The van der Waals surface area contributed by atoms with E-state index in [1.165, 1.54) is 141 Å². The number of rotatable bonds is 28. The average Bonchev–Trinajstić information content (AvgIpc) is 2.94. The lowest BCUT2D eigenvalue weighted by molar-refractivity contribution is -0.145. The molecular weight excluding hydrogens is 464 g/mol. The highest BCUT2D eigenvalue weighted by atomic mass is 16.5. The SMILES string of the molecule is CCCCCCC=CCCCCCCCCCCCCCCCCCCCCC(=O)OCc1ccccc1. The van der Waals surface area contributed by atoms with Crippen LogP contribution in [0.25, 0.3) is 0 Å². The predicted molar refractivity (Wildman–Crippen MR) is 166 cm³/mol. The number of ether oxygens (including phenoxy) is 1. The van der Waals surface area contributed by atoms with Crippen LogP contribution < -0.4 is 0 Å². The predicted octanol–water partition coefficient (Wildman–Crippen LogP) is 12.1. The van der Waals surface area contributed by atoms with Gasteiger partial charge in [-0.15, -0.1) is 0 Å². The van der Waals surface area contributed by atoms with Crippen molar-refractivity contribution in [2.24, 2.45) is 0 Å². The van der Waals surface area contributed by atoms with Crippen LogP contribution in [-0.4, -0.2) is 5.97 Å². The van der Waals surface area contributed by atoms with E-state index >= 15 is 0 Å². The molecule has 0 aliphatic carbocycles. The van der Waals surface area contributed by atoms with E-state index in [0.717, 1.165) is 18.4 Å². The molecule has 1 rings (SSSR count). The quantitative estimate of drug-likeness (QED) is 0.0616. The Hall–Kier alpha value is -1.57. The first-order chi connectivity index (χ1) is 18.8. The third kappa shape index (κ3) is 24.7. The second kappa shape index (κ2) is 28.4. The molecule has 0 aliphatic heterocycles. The summed E-state index contributed by atoms with van der Waals surface area (Å²) in [6.45, 7) is 2.68. The number of benzene rings is 1. The molecule has 0 bridgehead atoms. The van der Waals surface area contributed by atoms with E-state index in [1.807, 2.05) is 30.3 Å². The lowest BCUT2D eigenvalue weighted by Crippen LogP contribution is -2.04. The summed E-state index contributed by atoms with van der Waals surface area (Å²) < 4.78 is 5.34. The Morgan fingerprint density at radius 1 is 0.553 bits per heavy atom. The summed E-state index contributed by atoms with van der Waals surface area (Å²) in [5.74, 6) is -0.0592. The second-order valence-corrected chi connectivity index (χ2v) is 11.4. The maximum Gasteiger partial charge on any atom is 0.306 e. The van der Waals surface area contributed by atoms with E-state index in [0.29, 0.717) is 13.0 Å². The topological polar surface area (TPSA) is 26.3 Å². The standard InChI is InChI=1S/C36H62O2/c1-2-3-4-5-6-7-8-9-10-11-12-13-14-15-16-17-18-19-20-21-22-23-24-25-26-30-33-36(37)38-34-35-31-28-27-29-32-35/h7-8,27-29,31-32H,2-6,9-26,30,33-34H2,1H3. The monoisotopic (exact) mass is 526 g/mol. The Labute approximate surface area is 237 Å². The van der Waals surface area contributed by atoms with E-state index in [-0.39, 0.29) is 5.97 Å². The van der Waals surface area contributed by atoms with Gasteiger partial charge in [-0.3, -0.25) is 4.79 Å². The van der Waals surface area contributed by atoms with Gasteiger partial charge in [-0.25, -0.2) is 0 Å². The molecule has 2 nitrogen and oxygen atoms in total. The van der Waals surface area contributed by atoms with Gasteiger partial charge in [0.25, 0.3) is 0 Å². The minimum absolute atomic E-state index is 0.0592. The van der Waals surface area contributed by atoms with Gasteiger partial charge in [0.2, 0.25) is 0 Å². The molecule has 38 heavy (non-hydrogen) atoms. The van der Waals surface area contributed by atoms with Gasteiger partial charge in [-0.05, 0) is 37.7 Å². The van der Waals surface area contributed by atoms with Crippen molar-refractivity contribution >= 4 is 5.97 Å². The van der Waals surface area contributed by atoms with Crippen LogP contribution in [0.1, 0.15) is 173 Å². The Morgan fingerprint density at radius 2 is 0.947 bits per heavy atom. The Balaban J connectivity index is 1.69. The van der Waals surface area contributed by atoms with Gasteiger partial charge in [-0.2, -0.15) is 0 Å². The van der Waals surface area contributed by atoms with E-state index < -0.39 is 0 Å². The summed E-state index contributed by atoms with van der Waals surface area (Å²) in [7, 11) is 0. The zero-order valence-electron chi connectivity index (χ0n) is 25.2. The van der Waals surface area contributed by atoms with Crippen molar-refractivity contribution in [3.8, 4) is 0 Å². The average molecular weight is 527 g/mol. The summed E-state index contributed by atoms with van der Waals surface area (Å²) in [4.78, 5) is 11.8. The zero-order valence-corrected chi connectivity index (χ0v) is 25.2. The van der Waals surface area contributed by atoms with E-state index in [4.69, 9.17) is 4.74 Å². The minimum Gasteiger partial charge on any atom is -0.461 e. The molecule has 1 aromatic rings. The van der Waals surface area contributed by atoms with Crippen molar-refractivity contribution in [1.82, 2.24) is 0 Å². The summed E-state index contributed by atoms with van der Waals surface area (Å²) in [5.41, 5.74) is 1.06. The van der Waals surface area contributed by atoms with Crippen LogP contribution >= 0.6 is 0 Å².